The number of nitrogens with zero attached hydrogens (tertiary/aromatic N) is 1. The maximum absolute atomic E-state index is 11.5. The zero-order valence-electron chi connectivity index (χ0n) is 9.15. The van der Waals surface area contributed by atoms with Gasteiger partial charge >= 0.3 is 0 Å². The molecule has 0 aliphatic carbocycles. The minimum absolute atomic E-state index is 0. The van der Waals surface area contributed by atoms with Gasteiger partial charge in [0.1, 0.15) is 0 Å². The molecule has 2 rings (SSSR count). The van der Waals surface area contributed by atoms with Gasteiger partial charge in [0.15, 0.2) is 5.76 Å². The SMILES string of the molecule is Cl.O=C(NCCN1CCCC1)c1ccco1. The summed E-state index contributed by atoms with van der Waals surface area (Å²) in [6.07, 6.45) is 4.08. The molecule has 0 saturated carbocycles. The first-order valence-electron chi connectivity index (χ1n) is 5.40. The van der Waals surface area contributed by atoms with Crippen LogP contribution in [0.1, 0.15) is 23.4 Å². The van der Waals surface area contributed by atoms with Gasteiger partial charge in [-0.1, -0.05) is 0 Å². The molecule has 1 aromatic heterocycles. The summed E-state index contributed by atoms with van der Waals surface area (Å²) in [5.74, 6) is 0.260. The number of halogens is 1. The molecule has 1 saturated heterocycles. The third-order valence-corrected chi connectivity index (χ3v) is 2.66. The second kappa shape index (κ2) is 6.55. The minimum atomic E-state index is -0.126. The number of furan rings is 1. The molecule has 4 nitrogen and oxygen atoms in total. The van der Waals surface area contributed by atoms with Crippen molar-refractivity contribution < 1.29 is 9.21 Å². The number of likely N-dealkylation sites (tertiary alicyclic amines) is 1. The smallest absolute Gasteiger partial charge is 0.287 e. The third-order valence-electron chi connectivity index (χ3n) is 2.66. The van der Waals surface area contributed by atoms with Crippen LogP contribution < -0.4 is 5.32 Å². The Balaban J connectivity index is 0.00000128. The summed E-state index contributed by atoms with van der Waals surface area (Å²) < 4.78 is 4.99. The highest BCUT2D eigenvalue weighted by Gasteiger charge is 2.12. The maximum Gasteiger partial charge on any atom is 0.287 e. The van der Waals surface area contributed by atoms with E-state index in [9.17, 15) is 4.79 Å². The Morgan fingerprint density at radius 2 is 2.19 bits per heavy atom. The molecule has 1 aromatic rings. The van der Waals surface area contributed by atoms with Crippen molar-refractivity contribution in [1.82, 2.24) is 10.2 Å². The molecule has 0 spiro atoms. The van der Waals surface area contributed by atoms with Crippen LogP contribution >= 0.6 is 12.4 Å². The van der Waals surface area contributed by atoms with E-state index in [-0.39, 0.29) is 18.3 Å². The van der Waals surface area contributed by atoms with Crippen molar-refractivity contribution in [3.63, 3.8) is 0 Å². The molecule has 2 heterocycles. The zero-order valence-corrected chi connectivity index (χ0v) is 9.96. The Kier molecular flexibility index (Phi) is 5.35. The summed E-state index contributed by atoms with van der Waals surface area (Å²) in [6, 6.07) is 3.39. The molecule has 1 fully saturated rings. The number of amides is 1. The zero-order chi connectivity index (χ0) is 10.5. The molecule has 0 bridgehead atoms. The molecule has 1 amide bonds. The normalized spacial score (nSPS) is 15.8. The van der Waals surface area contributed by atoms with E-state index < -0.39 is 0 Å². The molecule has 0 aromatic carbocycles. The minimum Gasteiger partial charge on any atom is -0.459 e. The number of carbonyl (C=O) groups excluding carboxylic acids is 1. The predicted octanol–water partition coefficient (Wildman–Crippen LogP) is 1.53. The molecule has 90 valence electrons. The van der Waals surface area contributed by atoms with E-state index in [0.717, 1.165) is 19.6 Å². The van der Waals surface area contributed by atoms with Crippen LogP contribution in [0.15, 0.2) is 22.8 Å². The Morgan fingerprint density at radius 1 is 1.44 bits per heavy atom. The van der Waals surface area contributed by atoms with E-state index in [1.165, 1.54) is 19.1 Å². The first-order valence-corrected chi connectivity index (χ1v) is 5.40. The third kappa shape index (κ3) is 3.54. The summed E-state index contributed by atoms with van der Waals surface area (Å²) in [5.41, 5.74) is 0. The highest BCUT2D eigenvalue weighted by Crippen LogP contribution is 2.05. The van der Waals surface area contributed by atoms with Gasteiger partial charge in [0, 0.05) is 13.1 Å². The van der Waals surface area contributed by atoms with Crippen molar-refractivity contribution in [1.29, 1.82) is 0 Å². The van der Waals surface area contributed by atoms with Crippen molar-refractivity contribution in [3.8, 4) is 0 Å². The first-order chi connectivity index (χ1) is 7.36. The second-order valence-corrected chi connectivity index (χ2v) is 3.78. The summed E-state index contributed by atoms with van der Waals surface area (Å²) in [6.45, 7) is 3.96. The Hall–Kier alpha value is -1.00. The fourth-order valence-electron chi connectivity index (χ4n) is 1.83. The van der Waals surface area contributed by atoms with Crippen LogP contribution in [-0.4, -0.2) is 37.0 Å². The van der Waals surface area contributed by atoms with Gasteiger partial charge in [0.2, 0.25) is 0 Å². The van der Waals surface area contributed by atoms with Crippen LogP contribution in [0.5, 0.6) is 0 Å². The Bertz CT molecular complexity index is 308. The van der Waals surface area contributed by atoms with E-state index >= 15 is 0 Å². The van der Waals surface area contributed by atoms with E-state index in [4.69, 9.17) is 4.42 Å². The lowest BCUT2D eigenvalue weighted by Gasteiger charge is -2.14. The summed E-state index contributed by atoms with van der Waals surface area (Å²) in [7, 11) is 0. The Morgan fingerprint density at radius 3 is 2.81 bits per heavy atom. The summed E-state index contributed by atoms with van der Waals surface area (Å²) >= 11 is 0. The molecule has 1 N–H and O–H groups in total. The van der Waals surface area contributed by atoms with Crippen molar-refractivity contribution in [2.24, 2.45) is 0 Å². The van der Waals surface area contributed by atoms with Gasteiger partial charge in [0.05, 0.1) is 6.26 Å². The lowest BCUT2D eigenvalue weighted by Crippen LogP contribution is -2.33. The fraction of sp³-hybridized carbons (Fsp3) is 0.545. The van der Waals surface area contributed by atoms with Crippen molar-refractivity contribution in [2.45, 2.75) is 12.8 Å². The summed E-state index contributed by atoms with van der Waals surface area (Å²) in [4.78, 5) is 13.8. The van der Waals surface area contributed by atoms with Gasteiger partial charge in [-0.05, 0) is 38.1 Å². The van der Waals surface area contributed by atoms with Crippen molar-refractivity contribution >= 4 is 18.3 Å². The van der Waals surface area contributed by atoms with Gasteiger partial charge in [-0.2, -0.15) is 0 Å². The number of rotatable bonds is 4. The summed E-state index contributed by atoms with van der Waals surface area (Å²) in [5, 5.41) is 2.84. The van der Waals surface area contributed by atoms with Gasteiger partial charge in [0.25, 0.3) is 5.91 Å². The number of nitrogens with one attached hydrogen (secondary N) is 1. The Labute approximate surface area is 101 Å². The fourth-order valence-corrected chi connectivity index (χ4v) is 1.83. The van der Waals surface area contributed by atoms with Crippen LogP contribution in [0.25, 0.3) is 0 Å². The van der Waals surface area contributed by atoms with E-state index in [1.807, 2.05) is 0 Å². The van der Waals surface area contributed by atoms with E-state index in [1.54, 1.807) is 12.1 Å². The molecule has 1 aliphatic rings. The standard InChI is InChI=1S/C11H16N2O2.ClH/c14-11(10-4-3-9-15-10)12-5-8-13-6-1-2-7-13;/h3-4,9H,1-2,5-8H2,(H,12,14);1H. The lowest BCUT2D eigenvalue weighted by molar-refractivity contribution is 0.0922. The molecular formula is C11H17ClN2O2. The van der Waals surface area contributed by atoms with Gasteiger partial charge in [-0.25, -0.2) is 0 Å². The molecule has 0 radical (unpaired) electrons. The monoisotopic (exact) mass is 244 g/mol. The van der Waals surface area contributed by atoms with Crippen LogP contribution in [0, 0.1) is 0 Å². The lowest BCUT2D eigenvalue weighted by atomic mass is 10.4. The quantitative estimate of drug-likeness (QED) is 0.874. The maximum atomic E-state index is 11.5. The molecule has 1 aliphatic heterocycles. The molecule has 5 heteroatoms. The molecular weight excluding hydrogens is 228 g/mol. The van der Waals surface area contributed by atoms with E-state index in [2.05, 4.69) is 10.2 Å². The largest absolute Gasteiger partial charge is 0.459 e. The van der Waals surface area contributed by atoms with E-state index in [0.29, 0.717) is 12.3 Å². The molecule has 16 heavy (non-hydrogen) atoms. The predicted molar refractivity (Wildman–Crippen MR) is 64.0 cm³/mol. The topological polar surface area (TPSA) is 45.5 Å². The highest BCUT2D eigenvalue weighted by molar-refractivity contribution is 5.91. The molecule has 0 atom stereocenters. The van der Waals surface area contributed by atoms with Crippen LogP contribution in [-0.2, 0) is 0 Å². The van der Waals surface area contributed by atoms with Crippen LogP contribution in [0.4, 0.5) is 0 Å². The van der Waals surface area contributed by atoms with Gasteiger partial charge in [-0.3, -0.25) is 4.79 Å². The van der Waals surface area contributed by atoms with Crippen molar-refractivity contribution in [2.75, 3.05) is 26.2 Å². The van der Waals surface area contributed by atoms with Crippen LogP contribution in [0.2, 0.25) is 0 Å². The average molecular weight is 245 g/mol. The van der Waals surface area contributed by atoms with Gasteiger partial charge < -0.3 is 14.6 Å². The first kappa shape index (κ1) is 13.1. The van der Waals surface area contributed by atoms with Gasteiger partial charge in [-0.15, -0.1) is 12.4 Å². The number of hydrogen-bond acceptors (Lipinski definition) is 3. The highest BCUT2D eigenvalue weighted by atomic mass is 35.5. The van der Waals surface area contributed by atoms with Crippen LogP contribution in [0.3, 0.4) is 0 Å². The number of carbonyl (C=O) groups is 1. The average Bonchev–Trinajstić information content (AvgIpc) is 2.90. The van der Waals surface area contributed by atoms with Crippen molar-refractivity contribution in [3.05, 3.63) is 24.2 Å². The number of hydrogen-bond donors (Lipinski definition) is 1. The molecule has 0 unspecified atom stereocenters. The second-order valence-electron chi connectivity index (χ2n) is 3.78.